The van der Waals surface area contributed by atoms with Gasteiger partial charge in [0, 0.05) is 12.4 Å². The highest BCUT2D eigenvalue weighted by molar-refractivity contribution is 6.51. The molecule has 6 nitrogen and oxygen atoms in total. The molecule has 0 aliphatic carbocycles. The summed E-state index contributed by atoms with van der Waals surface area (Å²) in [4.78, 5) is 17.0. The number of hydrogen-bond donors (Lipinski definition) is 3. The van der Waals surface area contributed by atoms with Gasteiger partial charge < -0.3 is 15.0 Å². The molecule has 0 atom stereocenters. The van der Waals surface area contributed by atoms with E-state index in [0.717, 1.165) is 0 Å². The summed E-state index contributed by atoms with van der Waals surface area (Å²) in [6.45, 7) is 0. The molecule has 0 saturated carbocycles. The smallest absolute Gasteiger partial charge is 0.407 e. The van der Waals surface area contributed by atoms with Crippen LogP contribution >= 0.6 is 0 Å². The number of carbonyl (C=O) groups excluding carboxylic acids is 1. The molecule has 0 bridgehead atoms. The number of nitrogens with one attached hydrogen (secondary N) is 1. The van der Waals surface area contributed by atoms with Crippen LogP contribution in [0, 0.1) is 0 Å². The van der Waals surface area contributed by atoms with E-state index in [4.69, 9.17) is 10.0 Å². The lowest BCUT2D eigenvalue weighted by atomic mass is 10.1. The van der Waals surface area contributed by atoms with Crippen molar-refractivity contribution in [2.24, 2.45) is 0 Å². The van der Waals surface area contributed by atoms with Crippen LogP contribution in [0.25, 0.3) is 0 Å². The van der Waals surface area contributed by atoms with Crippen molar-refractivity contribution in [1.82, 2.24) is 9.97 Å². The Balaban J connectivity index is 2.79. The Bertz CT molecular complexity index is 224. The number of H-pyrrole nitrogens is 1. The molecule has 0 saturated heterocycles. The van der Waals surface area contributed by atoms with E-state index in [0.29, 0.717) is 4.81 Å². The van der Waals surface area contributed by atoms with E-state index in [2.05, 4.69) is 9.97 Å². The second kappa shape index (κ2) is 3.17. The summed E-state index contributed by atoms with van der Waals surface area (Å²) in [5.41, 5.74) is 0. The Hall–Kier alpha value is -1.34. The minimum absolute atomic E-state index is 0.0926. The van der Waals surface area contributed by atoms with Crippen molar-refractivity contribution in [1.29, 1.82) is 0 Å². The van der Waals surface area contributed by atoms with E-state index in [1.54, 1.807) is 0 Å². The summed E-state index contributed by atoms with van der Waals surface area (Å²) in [6, 6.07) is 0. The molecule has 0 radical (unpaired) electrons. The Morgan fingerprint density at radius 2 is 2.45 bits per heavy atom. The zero-order chi connectivity index (χ0) is 8.27. The molecule has 1 aromatic rings. The fraction of sp³-hybridized carbons (Fsp3) is 0. The number of carbonyl (C=O) groups is 1. The van der Waals surface area contributed by atoms with Crippen molar-refractivity contribution < 1.29 is 14.8 Å². The van der Waals surface area contributed by atoms with Gasteiger partial charge in [-0.25, -0.2) is 4.98 Å². The molecule has 1 heterocycles. The average molecular weight is 155 g/mol. The molecule has 0 aromatic carbocycles. The van der Waals surface area contributed by atoms with Crippen molar-refractivity contribution in [2.75, 3.05) is 4.81 Å². The van der Waals surface area contributed by atoms with Crippen LogP contribution in [0.1, 0.15) is 0 Å². The molecule has 1 aromatic heterocycles. The van der Waals surface area contributed by atoms with Gasteiger partial charge >= 0.3 is 7.25 Å². The summed E-state index contributed by atoms with van der Waals surface area (Å²) in [5.74, 6) is 0.0926. The fourth-order valence-corrected chi connectivity index (χ4v) is 0.612. The second-order valence-corrected chi connectivity index (χ2v) is 1.77. The lowest BCUT2D eigenvalue weighted by Crippen LogP contribution is -2.39. The topological polar surface area (TPSA) is 89.5 Å². The quantitative estimate of drug-likeness (QED) is 0.360. The number of aromatic amines is 1. The van der Waals surface area contributed by atoms with Gasteiger partial charge in [0.15, 0.2) is 0 Å². The SMILES string of the molecule is O=CN(B(O)O)c1ncc[nH]1. The summed E-state index contributed by atoms with van der Waals surface area (Å²) >= 11 is 0. The maximum atomic E-state index is 10.2. The summed E-state index contributed by atoms with van der Waals surface area (Å²) < 4.78 is 0. The molecule has 7 heteroatoms. The molecule has 0 fully saturated rings. The van der Waals surface area contributed by atoms with Crippen LogP contribution in [0.15, 0.2) is 12.4 Å². The summed E-state index contributed by atoms with van der Waals surface area (Å²) in [6.07, 6.45) is 3.13. The Kier molecular flexibility index (Phi) is 2.24. The monoisotopic (exact) mass is 155 g/mol. The molecule has 0 aliphatic rings. The first-order chi connectivity index (χ1) is 5.25. The second-order valence-electron chi connectivity index (χ2n) is 1.77. The van der Waals surface area contributed by atoms with Gasteiger partial charge in [-0.2, -0.15) is 0 Å². The van der Waals surface area contributed by atoms with E-state index in [9.17, 15) is 4.79 Å². The van der Waals surface area contributed by atoms with E-state index in [1.807, 2.05) is 0 Å². The van der Waals surface area contributed by atoms with E-state index >= 15 is 0 Å². The largest absolute Gasteiger partial charge is 0.596 e. The van der Waals surface area contributed by atoms with Crippen LogP contribution in [-0.4, -0.2) is 33.7 Å². The summed E-state index contributed by atoms with van der Waals surface area (Å²) in [7, 11) is -1.86. The maximum absolute atomic E-state index is 10.2. The Morgan fingerprint density at radius 1 is 1.73 bits per heavy atom. The Labute approximate surface area is 62.7 Å². The lowest BCUT2D eigenvalue weighted by molar-refractivity contribution is -0.106. The molecule has 1 rings (SSSR count). The number of hydrogen-bond acceptors (Lipinski definition) is 4. The Morgan fingerprint density at radius 3 is 2.82 bits per heavy atom. The zero-order valence-electron chi connectivity index (χ0n) is 5.51. The number of anilines is 1. The van der Waals surface area contributed by atoms with Crippen LogP contribution in [-0.2, 0) is 4.79 Å². The highest BCUT2D eigenvalue weighted by Gasteiger charge is 2.21. The lowest BCUT2D eigenvalue weighted by Gasteiger charge is -2.10. The first-order valence-corrected chi connectivity index (χ1v) is 2.85. The molecule has 0 unspecified atom stereocenters. The van der Waals surface area contributed by atoms with Crippen molar-refractivity contribution in [2.45, 2.75) is 0 Å². The normalized spacial score (nSPS) is 9.27. The van der Waals surface area contributed by atoms with E-state index in [1.165, 1.54) is 12.4 Å². The minimum atomic E-state index is -1.86. The molecule has 58 valence electrons. The van der Waals surface area contributed by atoms with Gasteiger partial charge in [0.2, 0.25) is 12.4 Å². The van der Waals surface area contributed by atoms with Crippen LogP contribution in [0.2, 0.25) is 0 Å². The van der Waals surface area contributed by atoms with Gasteiger partial charge in [0.05, 0.1) is 0 Å². The number of nitrogens with zero attached hydrogens (tertiary/aromatic N) is 2. The molecule has 3 N–H and O–H groups in total. The van der Waals surface area contributed by atoms with Crippen molar-refractivity contribution in [3.05, 3.63) is 12.4 Å². The zero-order valence-corrected chi connectivity index (χ0v) is 5.51. The van der Waals surface area contributed by atoms with Crippen molar-refractivity contribution >= 4 is 19.6 Å². The van der Waals surface area contributed by atoms with Crippen LogP contribution < -0.4 is 4.81 Å². The number of amides is 1. The minimum Gasteiger partial charge on any atom is -0.407 e. The third kappa shape index (κ3) is 1.57. The number of imidazole rings is 1. The fourth-order valence-electron chi connectivity index (χ4n) is 0.612. The molecule has 1 amide bonds. The van der Waals surface area contributed by atoms with E-state index in [-0.39, 0.29) is 12.4 Å². The van der Waals surface area contributed by atoms with Gasteiger partial charge in [0.1, 0.15) is 0 Å². The highest BCUT2D eigenvalue weighted by Crippen LogP contribution is 2.02. The maximum Gasteiger partial charge on any atom is 0.596 e. The third-order valence-electron chi connectivity index (χ3n) is 1.09. The highest BCUT2D eigenvalue weighted by atomic mass is 16.4. The van der Waals surface area contributed by atoms with Crippen molar-refractivity contribution in [3.63, 3.8) is 0 Å². The van der Waals surface area contributed by atoms with Crippen molar-refractivity contribution in [3.8, 4) is 0 Å². The third-order valence-corrected chi connectivity index (χ3v) is 1.09. The molecule has 0 aliphatic heterocycles. The van der Waals surface area contributed by atoms with Gasteiger partial charge in [0.25, 0.3) is 0 Å². The number of aromatic nitrogens is 2. The van der Waals surface area contributed by atoms with Crippen LogP contribution in [0.3, 0.4) is 0 Å². The molecular formula is C4H6BN3O3. The molecule has 11 heavy (non-hydrogen) atoms. The van der Waals surface area contributed by atoms with Crippen LogP contribution in [0.5, 0.6) is 0 Å². The van der Waals surface area contributed by atoms with Crippen LogP contribution in [0.4, 0.5) is 5.95 Å². The average Bonchev–Trinajstić information content (AvgIpc) is 2.40. The molecular weight excluding hydrogens is 149 g/mol. The standard InChI is InChI=1S/C4H6BN3O3/c9-3-8(5(10)11)4-6-1-2-7-4/h1-3,10-11H,(H,6,7). The predicted octanol–water partition coefficient (Wildman–Crippen LogP) is -1.66. The predicted molar refractivity (Wildman–Crippen MR) is 37.3 cm³/mol. The number of rotatable bonds is 3. The first kappa shape index (κ1) is 7.77. The van der Waals surface area contributed by atoms with Gasteiger partial charge in [-0.3, -0.25) is 9.61 Å². The first-order valence-electron chi connectivity index (χ1n) is 2.85. The van der Waals surface area contributed by atoms with Gasteiger partial charge in [-0.05, 0) is 0 Å². The summed E-state index contributed by atoms with van der Waals surface area (Å²) in [5, 5.41) is 17.1. The van der Waals surface area contributed by atoms with E-state index < -0.39 is 7.25 Å². The molecule has 0 spiro atoms. The van der Waals surface area contributed by atoms with Gasteiger partial charge in [-0.15, -0.1) is 0 Å². The van der Waals surface area contributed by atoms with Gasteiger partial charge in [-0.1, -0.05) is 0 Å².